The molecule has 0 aliphatic heterocycles. The van der Waals surface area contributed by atoms with Crippen molar-refractivity contribution < 1.29 is 4.79 Å². The molecule has 1 aliphatic rings. The van der Waals surface area contributed by atoms with Gasteiger partial charge in [-0.2, -0.15) is 0 Å². The number of fused-ring (bicyclic) bond motifs is 3. The number of thiophene rings is 1. The van der Waals surface area contributed by atoms with E-state index in [4.69, 9.17) is 0 Å². The van der Waals surface area contributed by atoms with Crippen molar-refractivity contribution >= 4 is 39.2 Å². The van der Waals surface area contributed by atoms with Gasteiger partial charge in [0.05, 0.1) is 5.75 Å². The summed E-state index contributed by atoms with van der Waals surface area (Å²) in [6.07, 6.45) is 5.12. The van der Waals surface area contributed by atoms with E-state index in [1.807, 2.05) is 0 Å². The van der Waals surface area contributed by atoms with E-state index < -0.39 is 0 Å². The zero-order valence-corrected chi connectivity index (χ0v) is 13.9. The second-order valence-electron chi connectivity index (χ2n) is 5.70. The first kappa shape index (κ1) is 14.8. The number of aromatic nitrogens is 2. The van der Waals surface area contributed by atoms with Crippen molar-refractivity contribution in [2.75, 3.05) is 12.3 Å². The number of nitrogens with one attached hydrogen (secondary N) is 1. The molecule has 1 amide bonds. The zero-order valence-electron chi connectivity index (χ0n) is 12.3. The van der Waals surface area contributed by atoms with Crippen molar-refractivity contribution in [2.45, 2.75) is 38.1 Å². The highest BCUT2D eigenvalue weighted by atomic mass is 32.2. The van der Waals surface area contributed by atoms with Crippen LogP contribution in [0.4, 0.5) is 0 Å². The predicted octanol–water partition coefficient (Wildman–Crippen LogP) is 3.04. The lowest BCUT2D eigenvalue weighted by Crippen LogP contribution is -2.28. The number of hydrogen-bond acceptors (Lipinski definition) is 5. The van der Waals surface area contributed by atoms with Gasteiger partial charge < -0.3 is 5.32 Å². The Kier molecular flexibility index (Phi) is 4.45. The van der Waals surface area contributed by atoms with Gasteiger partial charge in [0.2, 0.25) is 5.91 Å². The molecule has 0 spiro atoms. The molecule has 0 unspecified atom stereocenters. The summed E-state index contributed by atoms with van der Waals surface area (Å²) in [5, 5.41) is 5.09. The minimum absolute atomic E-state index is 0.0762. The van der Waals surface area contributed by atoms with E-state index in [0.29, 0.717) is 11.7 Å². The molecular formula is C15H19N3OS2. The molecule has 0 saturated carbocycles. The molecule has 0 bridgehead atoms. The maximum Gasteiger partial charge on any atom is 0.230 e. The van der Waals surface area contributed by atoms with Gasteiger partial charge in [-0.15, -0.1) is 11.3 Å². The van der Waals surface area contributed by atoms with E-state index in [2.05, 4.69) is 29.1 Å². The van der Waals surface area contributed by atoms with Gasteiger partial charge in [0.25, 0.3) is 0 Å². The number of thioether (sulfide) groups is 1. The van der Waals surface area contributed by atoms with E-state index in [-0.39, 0.29) is 5.91 Å². The van der Waals surface area contributed by atoms with Crippen LogP contribution in [-0.4, -0.2) is 28.2 Å². The number of rotatable bonds is 5. The molecule has 112 valence electrons. The van der Waals surface area contributed by atoms with Crippen molar-refractivity contribution in [2.24, 2.45) is 5.92 Å². The van der Waals surface area contributed by atoms with Gasteiger partial charge in [0, 0.05) is 16.8 Å². The Balaban J connectivity index is 1.74. The van der Waals surface area contributed by atoms with Crippen LogP contribution in [0.1, 0.15) is 30.7 Å². The van der Waals surface area contributed by atoms with E-state index in [1.54, 1.807) is 17.7 Å². The maximum absolute atomic E-state index is 11.9. The molecule has 6 heteroatoms. The molecule has 4 nitrogen and oxygen atoms in total. The Morgan fingerprint density at radius 2 is 2.29 bits per heavy atom. The van der Waals surface area contributed by atoms with Crippen LogP contribution in [0.3, 0.4) is 0 Å². The molecule has 21 heavy (non-hydrogen) atoms. The number of nitrogens with zero attached hydrogens (tertiary/aromatic N) is 2. The van der Waals surface area contributed by atoms with Gasteiger partial charge in [-0.1, -0.05) is 25.6 Å². The molecule has 2 aromatic heterocycles. The van der Waals surface area contributed by atoms with Crippen LogP contribution in [0, 0.1) is 5.92 Å². The van der Waals surface area contributed by atoms with Crippen LogP contribution in [0.25, 0.3) is 10.2 Å². The summed E-state index contributed by atoms with van der Waals surface area (Å²) >= 11 is 3.31. The van der Waals surface area contributed by atoms with Gasteiger partial charge in [0.15, 0.2) is 0 Å². The van der Waals surface area contributed by atoms with Crippen molar-refractivity contribution in [3.8, 4) is 0 Å². The van der Waals surface area contributed by atoms with Crippen LogP contribution < -0.4 is 5.32 Å². The average Bonchev–Trinajstić information content (AvgIpc) is 3.03. The largest absolute Gasteiger partial charge is 0.355 e. The number of hydrogen-bond donors (Lipinski definition) is 1. The van der Waals surface area contributed by atoms with E-state index >= 15 is 0 Å². The van der Waals surface area contributed by atoms with Gasteiger partial charge in [0.1, 0.15) is 16.2 Å². The third-order valence-electron chi connectivity index (χ3n) is 3.51. The van der Waals surface area contributed by atoms with Crippen LogP contribution in [0.2, 0.25) is 0 Å². The Hall–Kier alpha value is -1.14. The molecule has 1 aliphatic carbocycles. The molecule has 3 rings (SSSR count). The topological polar surface area (TPSA) is 54.9 Å². The number of carbonyl (C=O) groups excluding carboxylic acids is 1. The standard InChI is InChI=1S/C15H19N3OS2/c1-9(2)6-16-12(19)7-20-14-13-10-4-3-5-11(10)21-15(13)18-8-17-14/h8-9H,3-7H2,1-2H3,(H,16,19). The van der Waals surface area contributed by atoms with E-state index in [9.17, 15) is 4.79 Å². The van der Waals surface area contributed by atoms with Gasteiger partial charge in [-0.25, -0.2) is 9.97 Å². The normalized spacial score (nSPS) is 13.9. The smallest absolute Gasteiger partial charge is 0.230 e. The molecule has 0 aromatic carbocycles. The number of amides is 1. The van der Waals surface area contributed by atoms with E-state index in [0.717, 1.165) is 29.2 Å². The third-order valence-corrected chi connectivity index (χ3v) is 5.70. The SMILES string of the molecule is CC(C)CNC(=O)CSc1ncnc2sc3c(c12)CCC3. The highest BCUT2D eigenvalue weighted by Gasteiger charge is 2.21. The van der Waals surface area contributed by atoms with Crippen LogP contribution in [0.5, 0.6) is 0 Å². The number of carbonyl (C=O) groups is 1. The fourth-order valence-corrected chi connectivity index (χ4v) is 4.66. The van der Waals surface area contributed by atoms with Gasteiger partial charge >= 0.3 is 0 Å². The highest BCUT2D eigenvalue weighted by Crippen LogP contribution is 2.39. The monoisotopic (exact) mass is 321 g/mol. The molecule has 1 N–H and O–H groups in total. The zero-order chi connectivity index (χ0) is 14.8. The Bertz CT molecular complexity index is 666. The second kappa shape index (κ2) is 6.32. The predicted molar refractivity (Wildman–Crippen MR) is 88.0 cm³/mol. The summed E-state index contributed by atoms with van der Waals surface area (Å²) in [5.74, 6) is 0.973. The molecule has 0 fully saturated rings. The second-order valence-corrected chi connectivity index (χ2v) is 7.75. The summed E-state index contributed by atoms with van der Waals surface area (Å²) in [5.41, 5.74) is 1.42. The van der Waals surface area contributed by atoms with Crippen LogP contribution >= 0.6 is 23.1 Å². The molecule has 0 radical (unpaired) electrons. The number of aryl methyl sites for hydroxylation is 2. The first-order valence-electron chi connectivity index (χ1n) is 7.30. The highest BCUT2D eigenvalue weighted by molar-refractivity contribution is 8.00. The fourth-order valence-electron chi connectivity index (χ4n) is 2.51. The summed E-state index contributed by atoms with van der Waals surface area (Å²) < 4.78 is 0. The first-order valence-corrected chi connectivity index (χ1v) is 9.10. The minimum atomic E-state index is 0.0762. The molecule has 2 heterocycles. The van der Waals surface area contributed by atoms with Gasteiger partial charge in [-0.05, 0) is 30.7 Å². The van der Waals surface area contributed by atoms with E-state index in [1.165, 1.54) is 34.0 Å². The fraction of sp³-hybridized carbons (Fsp3) is 0.533. The lowest BCUT2D eigenvalue weighted by molar-refractivity contribution is -0.118. The lowest BCUT2D eigenvalue weighted by Gasteiger charge is -2.07. The summed E-state index contributed by atoms with van der Waals surface area (Å²) in [7, 11) is 0. The van der Waals surface area contributed by atoms with Crippen molar-refractivity contribution in [1.82, 2.24) is 15.3 Å². The first-order chi connectivity index (χ1) is 10.1. The molecule has 0 atom stereocenters. The van der Waals surface area contributed by atoms with Crippen LogP contribution in [-0.2, 0) is 17.6 Å². The average molecular weight is 321 g/mol. The summed E-state index contributed by atoms with van der Waals surface area (Å²) in [4.78, 5) is 23.2. The summed E-state index contributed by atoms with van der Waals surface area (Å²) in [6, 6.07) is 0. The maximum atomic E-state index is 11.9. The van der Waals surface area contributed by atoms with Gasteiger partial charge in [-0.3, -0.25) is 4.79 Å². The van der Waals surface area contributed by atoms with Crippen molar-refractivity contribution in [3.63, 3.8) is 0 Å². The Morgan fingerprint density at radius 1 is 1.43 bits per heavy atom. The third kappa shape index (κ3) is 3.21. The molecule has 2 aromatic rings. The quantitative estimate of drug-likeness (QED) is 0.679. The van der Waals surface area contributed by atoms with Crippen molar-refractivity contribution in [1.29, 1.82) is 0 Å². The minimum Gasteiger partial charge on any atom is -0.355 e. The Morgan fingerprint density at radius 3 is 3.10 bits per heavy atom. The van der Waals surface area contributed by atoms with Crippen LogP contribution in [0.15, 0.2) is 11.4 Å². The lowest BCUT2D eigenvalue weighted by atomic mass is 10.2. The van der Waals surface area contributed by atoms with Crippen molar-refractivity contribution in [3.05, 3.63) is 16.8 Å². The Labute approximate surface area is 132 Å². The molecular weight excluding hydrogens is 302 g/mol. The summed E-state index contributed by atoms with van der Waals surface area (Å²) in [6.45, 7) is 4.92. The molecule has 0 saturated heterocycles.